The van der Waals surface area contributed by atoms with Gasteiger partial charge in [0, 0.05) is 54.7 Å². The summed E-state index contributed by atoms with van der Waals surface area (Å²) in [4.78, 5) is 33.3. The van der Waals surface area contributed by atoms with Gasteiger partial charge in [-0.05, 0) is 49.2 Å². The Morgan fingerprint density at radius 2 is 1.11 bits per heavy atom. The molecule has 2 amide bonds. The second kappa shape index (κ2) is 11.7. The Morgan fingerprint density at radius 3 is 1.73 bits per heavy atom. The van der Waals surface area contributed by atoms with E-state index in [1.54, 1.807) is 58.3 Å². The van der Waals surface area contributed by atoms with Crippen molar-refractivity contribution in [2.24, 2.45) is 0 Å². The molecule has 3 aliphatic rings. The molecule has 1 fully saturated rings. The first kappa shape index (κ1) is 28.0. The molecule has 3 aliphatic heterocycles. The highest BCUT2D eigenvalue weighted by atomic mass is 19.1. The lowest BCUT2D eigenvalue weighted by Gasteiger charge is -2.46. The van der Waals surface area contributed by atoms with Crippen LogP contribution in [0, 0.1) is 11.6 Å². The van der Waals surface area contributed by atoms with Crippen LogP contribution in [-0.2, 0) is 0 Å². The largest absolute Gasteiger partial charge is 0.361 e. The summed E-state index contributed by atoms with van der Waals surface area (Å²) >= 11 is 0. The number of hydrogen-bond acceptors (Lipinski definition) is 5. The van der Waals surface area contributed by atoms with Crippen molar-refractivity contribution in [1.29, 1.82) is 0 Å². The molecule has 2 N–H and O–H groups in total. The lowest BCUT2D eigenvalue weighted by molar-refractivity contribution is 0.0418. The van der Waals surface area contributed by atoms with Gasteiger partial charge in [0.2, 0.25) is 0 Å². The average molecular weight is 594 g/mol. The van der Waals surface area contributed by atoms with Crippen molar-refractivity contribution < 1.29 is 18.4 Å². The maximum absolute atomic E-state index is 15.0. The van der Waals surface area contributed by atoms with Crippen LogP contribution in [0.1, 0.15) is 57.0 Å². The number of para-hydroxylation sites is 2. The molecule has 224 valence electrons. The Labute approximate surface area is 255 Å². The zero-order valence-electron chi connectivity index (χ0n) is 24.1. The summed E-state index contributed by atoms with van der Waals surface area (Å²) in [6.45, 7) is 2.41. The Hall–Kier alpha value is -4.76. The maximum Gasteiger partial charge on any atom is 0.258 e. The molecule has 3 heterocycles. The molecule has 0 radical (unpaired) electrons. The lowest BCUT2D eigenvalue weighted by atomic mass is 9.96. The molecule has 1 saturated heterocycles. The number of rotatable bonds is 6. The number of carbonyl (C=O) groups excluding carboxylic acids is 2. The SMILES string of the molecule is O=C1c2ccccc2N[C@@H](c2ccccc2F)N1CCN1CCC(N2C(=O)c3ccccc3N[C@H]2c2ccccc2F)CC1. The van der Waals surface area contributed by atoms with Crippen molar-refractivity contribution in [2.45, 2.75) is 31.2 Å². The Bertz CT molecular complexity index is 1710. The zero-order valence-corrected chi connectivity index (χ0v) is 24.1. The van der Waals surface area contributed by atoms with Gasteiger partial charge in [0.15, 0.2) is 0 Å². The first-order valence-corrected chi connectivity index (χ1v) is 15.1. The molecule has 7 nitrogen and oxygen atoms in total. The highest BCUT2D eigenvalue weighted by Crippen LogP contribution is 2.38. The average Bonchev–Trinajstić information content (AvgIpc) is 3.05. The fourth-order valence-corrected chi connectivity index (χ4v) is 6.71. The molecular weight excluding hydrogens is 560 g/mol. The fraction of sp³-hybridized carbons (Fsp3) is 0.257. The van der Waals surface area contributed by atoms with Crippen LogP contribution in [0.2, 0.25) is 0 Å². The van der Waals surface area contributed by atoms with Crippen molar-refractivity contribution in [3.63, 3.8) is 0 Å². The van der Waals surface area contributed by atoms with E-state index in [9.17, 15) is 14.0 Å². The molecule has 0 aromatic heterocycles. The van der Waals surface area contributed by atoms with Gasteiger partial charge in [-0.2, -0.15) is 0 Å². The number of likely N-dealkylation sites (tertiary alicyclic amines) is 1. The number of amides is 2. The van der Waals surface area contributed by atoms with Crippen molar-refractivity contribution in [3.8, 4) is 0 Å². The van der Waals surface area contributed by atoms with E-state index in [4.69, 9.17) is 0 Å². The van der Waals surface area contributed by atoms with E-state index in [0.717, 1.165) is 0 Å². The summed E-state index contributed by atoms with van der Waals surface area (Å²) in [6, 6.07) is 27.7. The molecule has 0 bridgehead atoms. The maximum atomic E-state index is 15.0. The highest BCUT2D eigenvalue weighted by molar-refractivity contribution is 6.02. The number of hydrogen-bond donors (Lipinski definition) is 2. The van der Waals surface area contributed by atoms with Crippen molar-refractivity contribution in [1.82, 2.24) is 14.7 Å². The van der Waals surface area contributed by atoms with Crippen LogP contribution in [0.3, 0.4) is 0 Å². The van der Waals surface area contributed by atoms with Gasteiger partial charge in [-0.1, -0.05) is 60.7 Å². The van der Waals surface area contributed by atoms with Crippen LogP contribution in [0.25, 0.3) is 0 Å². The molecule has 44 heavy (non-hydrogen) atoms. The van der Waals surface area contributed by atoms with Gasteiger partial charge in [0.1, 0.15) is 24.0 Å². The summed E-state index contributed by atoms with van der Waals surface area (Å²) < 4.78 is 29.9. The Kier molecular flexibility index (Phi) is 7.47. The number of piperidine rings is 1. The number of nitrogens with one attached hydrogen (secondary N) is 2. The van der Waals surface area contributed by atoms with Crippen LogP contribution in [-0.4, -0.2) is 58.7 Å². The van der Waals surface area contributed by atoms with E-state index in [0.29, 0.717) is 72.6 Å². The molecule has 4 aromatic rings. The predicted molar refractivity (Wildman–Crippen MR) is 165 cm³/mol. The third-order valence-corrected chi connectivity index (χ3v) is 8.99. The molecule has 2 atom stereocenters. The smallest absolute Gasteiger partial charge is 0.258 e. The Morgan fingerprint density at radius 1 is 0.614 bits per heavy atom. The predicted octanol–water partition coefficient (Wildman–Crippen LogP) is 6.26. The number of carbonyl (C=O) groups is 2. The number of anilines is 2. The minimum absolute atomic E-state index is 0.0967. The van der Waals surface area contributed by atoms with Crippen LogP contribution in [0.4, 0.5) is 20.2 Å². The summed E-state index contributed by atoms with van der Waals surface area (Å²) in [5.41, 5.74) is 3.39. The second-order valence-electron chi connectivity index (χ2n) is 11.5. The topological polar surface area (TPSA) is 67.9 Å². The van der Waals surface area contributed by atoms with E-state index in [2.05, 4.69) is 15.5 Å². The minimum Gasteiger partial charge on any atom is -0.361 e. The monoisotopic (exact) mass is 593 g/mol. The third-order valence-electron chi connectivity index (χ3n) is 8.99. The van der Waals surface area contributed by atoms with Crippen molar-refractivity contribution >= 4 is 23.2 Å². The van der Waals surface area contributed by atoms with Gasteiger partial charge in [-0.3, -0.25) is 9.59 Å². The molecule has 4 aromatic carbocycles. The van der Waals surface area contributed by atoms with Crippen LogP contribution < -0.4 is 10.6 Å². The van der Waals surface area contributed by atoms with Gasteiger partial charge < -0.3 is 25.3 Å². The van der Waals surface area contributed by atoms with Crippen LogP contribution in [0.5, 0.6) is 0 Å². The first-order valence-electron chi connectivity index (χ1n) is 15.1. The number of halogens is 2. The lowest BCUT2D eigenvalue weighted by Crippen LogP contribution is -2.53. The van der Waals surface area contributed by atoms with Gasteiger partial charge >= 0.3 is 0 Å². The first-order chi connectivity index (χ1) is 21.5. The normalized spacial score (nSPS) is 20.5. The summed E-state index contributed by atoms with van der Waals surface area (Å²) in [7, 11) is 0. The highest BCUT2D eigenvalue weighted by Gasteiger charge is 2.40. The fourth-order valence-electron chi connectivity index (χ4n) is 6.71. The summed E-state index contributed by atoms with van der Waals surface area (Å²) in [5, 5.41) is 6.79. The molecule has 9 heteroatoms. The molecular formula is C35H33F2N5O2. The van der Waals surface area contributed by atoms with E-state index < -0.39 is 12.3 Å². The van der Waals surface area contributed by atoms with Gasteiger partial charge in [0.25, 0.3) is 11.8 Å². The second-order valence-corrected chi connectivity index (χ2v) is 11.5. The summed E-state index contributed by atoms with van der Waals surface area (Å²) in [6.07, 6.45) is 0.155. The minimum atomic E-state index is -0.630. The van der Waals surface area contributed by atoms with Gasteiger partial charge in [-0.15, -0.1) is 0 Å². The van der Waals surface area contributed by atoms with Gasteiger partial charge in [-0.25, -0.2) is 8.78 Å². The van der Waals surface area contributed by atoms with E-state index >= 15 is 4.39 Å². The molecule has 0 unspecified atom stereocenters. The van der Waals surface area contributed by atoms with Crippen molar-refractivity contribution in [2.75, 3.05) is 36.8 Å². The Balaban J connectivity index is 1.08. The van der Waals surface area contributed by atoms with Crippen LogP contribution in [0.15, 0.2) is 97.1 Å². The number of nitrogens with zero attached hydrogens (tertiary/aromatic N) is 3. The van der Waals surface area contributed by atoms with Crippen molar-refractivity contribution in [3.05, 3.63) is 131 Å². The van der Waals surface area contributed by atoms with E-state index in [1.807, 2.05) is 36.4 Å². The molecule has 7 rings (SSSR count). The summed E-state index contributed by atoms with van der Waals surface area (Å²) in [5.74, 6) is -0.972. The van der Waals surface area contributed by atoms with E-state index in [1.165, 1.54) is 12.1 Å². The molecule has 0 spiro atoms. The quantitative estimate of drug-likeness (QED) is 0.276. The molecule has 0 aliphatic carbocycles. The molecule has 0 saturated carbocycles. The third kappa shape index (κ3) is 5.07. The number of fused-ring (bicyclic) bond motifs is 2. The van der Waals surface area contributed by atoms with Crippen LogP contribution >= 0.6 is 0 Å². The van der Waals surface area contributed by atoms with E-state index in [-0.39, 0.29) is 29.5 Å². The standard InChI is InChI=1S/C35H33F2N5O2/c36-28-13-5-1-9-24(28)32-38-30-15-7-3-11-26(30)34(43)41(32)22-21-40-19-17-23(18-20-40)42-33(25-10-2-6-14-29(25)37)39-31-16-8-4-12-27(31)35(42)44/h1-16,23,32-33,38-39H,17-22H2/t32-,33-/m1/s1. The number of benzene rings is 4. The zero-order chi connectivity index (χ0) is 30.2. The van der Waals surface area contributed by atoms with Gasteiger partial charge in [0.05, 0.1) is 11.1 Å².